The van der Waals surface area contributed by atoms with Gasteiger partial charge in [-0.05, 0) is 6.07 Å². The number of aliphatic hydroxyl groups is 3. The molecule has 4 atom stereocenters. The number of ether oxygens (including phenoxy) is 1. The number of aromatic nitrogens is 1. The normalized spacial score (nSPS) is 29.9. The summed E-state index contributed by atoms with van der Waals surface area (Å²) in [6, 6.07) is 3.38. The summed E-state index contributed by atoms with van der Waals surface area (Å²) in [5, 5.41) is 28.8. The number of rotatable bonds is 4. The Kier molecular flexibility index (Phi) is 4.49. The molecule has 2 rings (SSSR count). The highest BCUT2D eigenvalue weighted by Crippen LogP contribution is 2.25. The summed E-state index contributed by atoms with van der Waals surface area (Å²) in [6.45, 7) is 3.25. The predicted molar refractivity (Wildman–Crippen MR) is 68.8 cm³/mol. The molecule has 1 aliphatic rings. The molecule has 0 bridgehead atoms. The van der Waals surface area contributed by atoms with Gasteiger partial charge in [0.05, 0.1) is 12.2 Å². The van der Waals surface area contributed by atoms with E-state index in [1.165, 1.54) is 0 Å². The third kappa shape index (κ3) is 2.73. The van der Waals surface area contributed by atoms with Gasteiger partial charge in [-0.1, -0.05) is 13.8 Å². The zero-order valence-corrected chi connectivity index (χ0v) is 11.5. The lowest BCUT2D eigenvalue weighted by Crippen LogP contribution is -2.46. The maximum atomic E-state index is 12.0. The van der Waals surface area contributed by atoms with Crippen LogP contribution < -0.4 is 4.57 Å². The zero-order chi connectivity index (χ0) is 14.9. The number of nitrogens with zero attached hydrogens (tertiary/aromatic N) is 1. The number of carbonyl (C=O) groups excluding carboxylic acids is 1. The summed E-state index contributed by atoms with van der Waals surface area (Å²) in [6.07, 6.45) is -0.710. The average Bonchev–Trinajstić information content (AvgIpc) is 2.74. The van der Waals surface area contributed by atoms with Crippen LogP contribution in [0.1, 0.15) is 30.4 Å². The molecule has 1 saturated heterocycles. The second-order valence-electron chi connectivity index (χ2n) is 5.29. The summed E-state index contributed by atoms with van der Waals surface area (Å²) in [7, 11) is 0. The number of hydrogen-bond acceptors (Lipinski definition) is 5. The van der Waals surface area contributed by atoms with Crippen LogP contribution in [0.2, 0.25) is 0 Å². The summed E-state index contributed by atoms with van der Waals surface area (Å²) < 4.78 is 6.96. The molecule has 20 heavy (non-hydrogen) atoms. The SMILES string of the molecule is CC(C)C(=O)c1ccc[n+]([C@@H]2OC(CO)[C@@H](O)C2O)c1. The van der Waals surface area contributed by atoms with Gasteiger partial charge in [0.1, 0.15) is 12.2 Å². The van der Waals surface area contributed by atoms with Crippen molar-refractivity contribution in [2.45, 2.75) is 38.4 Å². The molecule has 3 N–H and O–H groups in total. The molecule has 0 spiro atoms. The van der Waals surface area contributed by atoms with Crippen LogP contribution in [0.15, 0.2) is 24.5 Å². The molecule has 6 heteroatoms. The second-order valence-corrected chi connectivity index (χ2v) is 5.29. The smallest absolute Gasteiger partial charge is 0.292 e. The third-order valence-corrected chi connectivity index (χ3v) is 3.44. The van der Waals surface area contributed by atoms with Crippen molar-refractivity contribution in [1.29, 1.82) is 0 Å². The number of hydrogen-bond donors (Lipinski definition) is 3. The van der Waals surface area contributed by atoms with Gasteiger partial charge in [-0.2, -0.15) is 4.57 Å². The fourth-order valence-corrected chi connectivity index (χ4v) is 2.26. The lowest BCUT2D eigenvalue weighted by atomic mass is 10.0. The maximum absolute atomic E-state index is 12.0. The highest BCUT2D eigenvalue weighted by molar-refractivity contribution is 5.96. The van der Waals surface area contributed by atoms with E-state index in [9.17, 15) is 15.0 Å². The van der Waals surface area contributed by atoms with Crippen molar-refractivity contribution in [2.24, 2.45) is 5.92 Å². The number of pyridine rings is 1. The molecule has 2 unspecified atom stereocenters. The van der Waals surface area contributed by atoms with E-state index in [4.69, 9.17) is 9.84 Å². The fraction of sp³-hybridized carbons (Fsp3) is 0.571. The number of aliphatic hydroxyl groups excluding tert-OH is 3. The van der Waals surface area contributed by atoms with Gasteiger partial charge in [-0.15, -0.1) is 0 Å². The lowest BCUT2D eigenvalue weighted by Gasteiger charge is -2.10. The molecule has 110 valence electrons. The summed E-state index contributed by atoms with van der Waals surface area (Å²) >= 11 is 0. The van der Waals surface area contributed by atoms with Gasteiger partial charge < -0.3 is 20.1 Å². The first-order valence-electron chi connectivity index (χ1n) is 6.63. The molecular formula is C14H20NO5+. The van der Waals surface area contributed by atoms with Crippen LogP contribution in [0.3, 0.4) is 0 Å². The first-order chi connectivity index (χ1) is 9.45. The third-order valence-electron chi connectivity index (χ3n) is 3.44. The van der Waals surface area contributed by atoms with Gasteiger partial charge in [-0.25, -0.2) is 0 Å². The minimum Gasteiger partial charge on any atom is -0.394 e. The molecule has 0 amide bonds. The molecule has 1 aromatic heterocycles. The molecule has 1 aliphatic heterocycles. The minimum atomic E-state index is -1.15. The van der Waals surface area contributed by atoms with Crippen molar-refractivity contribution in [1.82, 2.24) is 0 Å². The van der Waals surface area contributed by atoms with Crippen molar-refractivity contribution >= 4 is 5.78 Å². The van der Waals surface area contributed by atoms with Crippen molar-refractivity contribution in [2.75, 3.05) is 6.61 Å². The highest BCUT2D eigenvalue weighted by atomic mass is 16.6. The van der Waals surface area contributed by atoms with E-state index in [-0.39, 0.29) is 18.3 Å². The Balaban J connectivity index is 2.26. The Morgan fingerprint density at radius 1 is 1.40 bits per heavy atom. The molecule has 0 aliphatic carbocycles. The Morgan fingerprint density at radius 2 is 2.10 bits per heavy atom. The predicted octanol–water partition coefficient (Wildman–Crippen LogP) is -0.576. The average molecular weight is 282 g/mol. The summed E-state index contributed by atoms with van der Waals surface area (Å²) in [5.74, 6) is -0.137. The van der Waals surface area contributed by atoms with Crippen LogP contribution in [0.4, 0.5) is 0 Å². The van der Waals surface area contributed by atoms with E-state index < -0.39 is 24.5 Å². The Hall–Kier alpha value is -1.34. The summed E-state index contributed by atoms with van der Waals surface area (Å²) in [5.41, 5.74) is 0.514. The molecule has 6 nitrogen and oxygen atoms in total. The van der Waals surface area contributed by atoms with Crippen LogP contribution in [-0.2, 0) is 4.74 Å². The second kappa shape index (κ2) is 5.97. The van der Waals surface area contributed by atoms with Gasteiger partial charge in [0.15, 0.2) is 24.3 Å². The van der Waals surface area contributed by atoms with Gasteiger partial charge in [0, 0.05) is 12.0 Å². The van der Waals surface area contributed by atoms with E-state index in [1.54, 1.807) is 29.1 Å². The van der Waals surface area contributed by atoms with Gasteiger partial charge >= 0.3 is 0 Å². The maximum Gasteiger partial charge on any atom is 0.292 e. The first kappa shape index (κ1) is 15.1. The summed E-state index contributed by atoms with van der Waals surface area (Å²) in [4.78, 5) is 12.0. The monoisotopic (exact) mass is 282 g/mol. The van der Waals surface area contributed by atoms with Crippen LogP contribution in [-0.4, -0.2) is 46.0 Å². The van der Waals surface area contributed by atoms with Crippen molar-refractivity contribution in [3.05, 3.63) is 30.1 Å². The standard InChI is InChI=1S/C14H20NO5/c1-8(2)11(17)9-4-3-5-15(6-9)14-13(19)12(18)10(7-16)20-14/h3-6,8,10,12-14,16,18-19H,7H2,1-2H3/q+1/t10?,12-,13?,14-/m1/s1. The van der Waals surface area contributed by atoms with Crippen LogP contribution in [0, 0.1) is 5.92 Å². The number of carbonyl (C=O) groups is 1. The Labute approximate surface area is 117 Å². The molecule has 1 fully saturated rings. The fourth-order valence-electron chi connectivity index (χ4n) is 2.26. The van der Waals surface area contributed by atoms with E-state index in [0.717, 1.165) is 0 Å². The largest absolute Gasteiger partial charge is 0.394 e. The van der Waals surface area contributed by atoms with Crippen molar-refractivity contribution in [3.8, 4) is 0 Å². The molecule has 2 heterocycles. The van der Waals surface area contributed by atoms with E-state index in [2.05, 4.69) is 0 Å². The van der Waals surface area contributed by atoms with Crippen molar-refractivity contribution < 1.29 is 29.4 Å². The molecule has 1 aromatic rings. The van der Waals surface area contributed by atoms with Gasteiger partial charge in [0.25, 0.3) is 6.23 Å². The van der Waals surface area contributed by atoms with Crippen LogP contribution >= 0.6 is 0 Å². The first-order valence-corrected chi connectivity index (χ1v) is 6.63. The van der Waals surface area contributed by atoms with Crippen LogP contribution in [0.25, 0.3) is 0 Å². The Morgan fingerprint density at radius 3 is 2.65 bits per heavy atom. The molecule has 0 radical (unpaired) electrons. The molecule has 0 aromatic carbocycles. The zero-order valence-electron chi connectivity index (χ0n) is 11.5. The molecule has 0 saturated carbocycles. The van der Waals surface area contributed by atoms with Gasteiger partial charge in [0.2, 0.25) is 0 Å². The lowest BCUT2D eigenvalue weighted by molar-refractivity contribution is -0.765. The van der Waals surface area contributed by atoms with Gasteiger partial charge in [-0.3, -0.25) is 4.79 Å². The molecular weight excluding hydrogens is 262 g/mol. The topological polar surface area (TPSA) is 90.9 Å². The van der Waals surface area contributed by atoms with Crippen molar-refractivity contribution in [3.63, 3.8) is 0 Å². The van der Waals surface area contributed by atoms with E-state index in [1.807, 2.05) is 13.8 Å². The highest BCUT2D eigenvalue weighted by Gasteiger charge is 2.47. The van der Waals surface area contributed by atoms with E-state index in [0.29, 0.717) is 5.56 Å². The number of Topliss-reactive ketones (excluding diaryl/α,β-unsaturated/α-hetero) is 1. The van der Waals surface area contributed by atoms with Crippen LogP contribution in [0.5, 0.6) is 0 Å². The quantitative estimate of drug-likeness (QED) is 0.508. The Bertz CT molecular complexity index is 490. The number of ketones is 1. The minimum absolute atomic E-state index is 0.00825. The van der Waals surface area contributed by atoms with E-state index >= 15 is 0 Å².